The predicted octanol–water partition coefficient (Wildman–Crippen LogP) is 3.62. The van der Waals surface area contributed by atoms with E-state index in [1.54, 1.807) is 11.3 Å². The van der Waals surface area contributed by atoms with Crippen LogP contribution in [0.15, 0.2) is 30.3 Å². The second kappa shape index (κ2) is 6.58. The number of hydrogen-bond acceptors (Lipinski definition) is 4. The second-order valence-corrected chi connectivity index (χ2v) is 6.92. The lowest BCUT2D eigenvalue weighted by atomic mass is 10.1. The second-order valence-electron chi connectivity index (χ2n) is 5.89. The lowest BCUT2D eigenvalue weighted by Gasteiger charge is -2.08. The molecule has 0 aliphatic carbocycles. The van der Waals surface area contributed by atoms with Crippen LogP contribution in [0.4, 0.5) is 5.13 Å². The molecular formula is C17H21N3OS. The van der Waals surface area contributed by atoms with Crippen molar-refractivity contribution in [3.63, 3.8) is 0 Å². The van der Waals surface area contributed by atoms with Crippen LogP contribution >= 0.6 is 11.3 Å². The van der Waals surface area contributed by atoms with Crippen LogP contribution in [-0.4, -0.2) is 23.5 Å². The maximum atomic E-state index is 12.2. The number of carbonyl (C=O) groups excluding carboxylic acids is 1. The van der Waals surface area contributed by atoms with Crippen LogP contribution in [0.3, 0.4) is 0 Å². The third-order valence-corrected chi connectivity index (χ3v) is 5.10. The van der Waals surface area contributed by atoms with Gasteiger partial charge in [-0.1, -0.05) is 44.2 Å². The molecule has 1 aliphatic heterocycles. The lowest BCUT2D eigenvalue weighted by Crippen LogP contribution is -2.35. The van der Waals surface area contributed by atoms with E-state index in [1.807, 2.05) is 18.2 Å². The molecule has 0 bridgehead atoms. The summed E-state index contributed by atoms with van der Waals surface area (Å²) in [5.74, 6) is 0.407. The largest absolute Gasteiger partial charge is 0.306 e. The minimum Gasteiger partial charge on any atom is -0.306 e. The number of nitrogens with one attached hydrogen (secondary N) is 2. The standard InChI is InChI=1S/C17H21N3OS/c1-11(2)15-14(12-7-4-3-5-8-12)19-17(22-15)20-16(21)13-9-6-10-18-13/h3-5,7-8,11,13,18H,6,9-10H2,1-2H3,(H,19,20,21). The SMILES string of the molecule is CC(C)c1sc(NC(=O)C2CCCN2)nc1-c1ccccc1. The molecule has 2 aromatic rings. The van der Waals surface area contributed by atoms with Crippen LogP contribution in [-0.2, 0) is 4.79 Å². The van der Waals surface area contributed by atoms with Crippen molar-refractivity contribution in [3.8, 4) is 11.3 Å². The molecule has 2 N–H and O–H groups in total. The van der Waals surface area contributed by atoms with Crippen molar-refractivity contribution in [2.24, 2.45) is 0 Å². The Morgan fingerprint density at radius 3 is 2.77 bits per heavy atom. The van der Waals surface area contributed by atoms with E-state index in [2.05, 4.69) is 41.6 Å². The van der Waals surface area contributed by atoms with E-state index in [-0.39, 0.29) is 11.9 Å². The van der Waals surface area contributed by atoms with Crippen LogP contribution in [0.2, 0.25) is 0 Å². The van der Waals surface area contributed by atoms with Crippen molar-refractivity contribution in [1.29, 1.82) is 0 Å². The summed E-state index contributed by atoms with van der Waals surface area (Å²) in [5, 5.41) is 6.89. The Morgan fingerprint density at radius 2 is 2.14 bits per heavy atom. The van der Waals surface area contributed by atoms with Crippen LogP contribution < -0.4 is 10.6 Å². The van der Waals surface area contributed by atoms with Crippen LogP contribution in [0.5, 0.6) is 0 Å². The number of thiazole rings is 1. The number of carbonyl (C=O) groups is 1. The highest BCUT2D eigenvalue weighted by Gasteiger charge is 2.24. The number of aromatic nitrogens is 1. The van der Waals surface area contributed by atoms with Crippen molar-refractivity contribution in [2.45, 2.75) is 38.6 Å². The summed E-state index contributed by atoms with van der Waals surface area (Å²) >= 11 is 1.58. The molecule has 3 rings (SSSR count). The van der Waals surface area contributed by atoms with Gasteiger partial charge in [0.05, 0.1) is 11.7 Å². The first-order valence-corrected chi connectivity index (χ1v) is 8.57. The first kappa shape index (κ1) is 15.2. The van der Waals surface area contributed by atoms with E-state index in [1.165, 1.54) is 4.88 Å². The summed E-state index contributed by atoms with van der Waals surface area (Å²) in [7, 11) is 0. The zero-order valence-corrected chi connectivity index (χ0v) is 13.7. The Labute approximate surface area is 135 Å². The fourth-order valence-corrected chi connectivity index (χ4v) is 3.67. The van der Waals surface area contributed by atoms with Gasteiger partial charge in [0, 0.05) is 10.4 Å². The fourth-order valence-electron chi connectivity index (χ4n) is 2.68. The molecule has 1 amide bonds. The number of benzene rings is 1. The molecule has 116 valence electrons. The lowest BCUT2D eigenvalue weighted by molar-refractivity contribution is -0.117. The van der Waals surface area contributed by atoms with Gasteiger partial charge in [0.25, 0.3) is 0 Å². The van der Waals surface area contributed by atoms with E-state index < -0.39 is 0 Å². The summed E-state index contributed by atoms with van der Waals surface area (Å²) in [6.07, 6.45) is 1.96. The molecule has 0 spiro atoms. The Kier molecular flexibility index (Phi) is 4.55. The minimum atomic E-state index is -0.0772. The van der Waals surface area contributed by atoms with Gasteiger partial charge in [-0.05, 0) is 25.3 Å². The Morgan fingerprint density at radius 1 is 1.36 bits per heavy atom. The van der Waals surface area contributed by atoms with E-state index >= 15 is 0 Å². The molecule has 1 saturated heterocycles. The molecule has 2 heterocycles. The van der Waals surface area contributed by atoms with Gasteiger partial charge >= 0.3 is 0 Å². The summed E-state index contributed by atoms with van der Waals surface area (Å²) in [4.78, 5) is 18.1. The zero-order chi connectivity index (χ0) is 15.5. The molecule has 1 aromatic carbocycles. The molecule has 1 aliphatic rings. The average molecular weight is 315 g/mol. The zero-order valence-electron chi connectivity index (χ0n) is 12.9. The van der Waals surface area contributed by atoms with Crippen LogP contribution in [0.1, 0.15) is 37.5 Å². The number of amides is 1. The molecule has 1 unspecified atom stereocenters. The molecule has 4 nitrogen and oxygen atoms in total. The monoisotopic (exact) mass is 315 g/mol. The quantitative estimate of drug-likeness (QED) is 0.906. The Balaban J connectivity index is 1.85. The molecule has 1 fully saturated rings. The van der Waals surface area contributed by atoms with Gasteiger partial charge in [0.2, 0.25) is 5.91 Å². The predicted molar refractivity (Wildman–Crippen MR) is 91.3 cm³/mol. The van der Waals surface area contributed by atoms with Crippen molar-refractivity contribution < 1.29 is 4.79 Å². The van der Waals surface area contributed by atoms with Gasteiger partial charge in [-0.2, -0.15) is 0 Å². The maximum absolute atomic E-state index is 12.2. The molecule has 5 heteroatoms. The molecule has 1 aromatic heterocycles. The molecular weight excluding hydrogens is 294 g/mol. The van der Waals surface area contributed by atoms with Crippen molar-refractivity contribution >= 4 is 22.4 Å². The van der Waals surface area contributed by atoms with Crippen molar-refractivity contribution in [3.05, 3.63) is 35.2 Å². The highest BCUT2D eigenvalue weighted by Crippen LogP contribution is 2.36. The number of hydrogen-bond donors (Lipinski definition) is 2. The van der Waals surface area contributed by atoms with Gasteiger partial charge in [0.15, 0.2) is 5.13 Å². The smallest absolute Gasteiger partial charge is 0.243 e. The maximum Gasteiger partial charge on any atom is 0.243 e. The average Bonchev–Trinajstić information content (AvgIpc) is 3.17. The summed E-state index contributed by atoms with van der Waals surface area (Å²) < 4.78 is 0. The van der Waals surface area contributed by atoms with Crippen molar-refractivity contribution in [2.75, 3.05) is 11.9 Å². The summed E-state index contributed by atoms with van der Waals surface area (Å²) in [6.45, 7) is 5.23. The summed E-state index contributed by atoms with van der Waals surface area (Å²) in [5.41, 5.74) is 2.08. The van der Waals surface area contributed by atoms with E-state index in [4.69, 9.17) is 0 Å². The first-order valence-electron chi connectivity index (χ1n) is 7.75. The van der Waals surface area contributed by atoms with Gasteiger partial charge in [-0.3, -0.25) is 4.79 Å². The highest BCUT2D eigenvalue weighted by molar-refractivity contribution is 7.16. The minimum absolute atomic E-state index is 0.0289. The molecule has 22 heavy (non-hydrogen) atoms. The Hall–Kier alpha value is -1.72. The Bertz CT molecular complexity index is 645. The normalized spacial score (nSPS) is 17.9. The third-order valence-electron chi connectivity index (χ3n) is 3.83. The molecule has 0 radical (unpaired) electrons. The number of nitrogens with zero attached hydrogens (tertiary/aromatic N) is 1. The van der Waals surface area contributed by atoms with E-state index in [0.29, 0.717) is 11.0 Å². The van der Waals surface area contributed by atoms with Gasteiger partial charge in [-0.25, -0.2) is 4.98 Å². The van der Waals surface area contributed by atoms with Gasteiger partial charge in [0.1, 0.15) is 0 Å². The van der Waals surface area contributed by atoms with Gasteiger partial charge in [-0.15, -0.1) is 11.3 Å². The van der Waals surface area contributed by atoms with Crippen LogP contribution in [0, 0.1) is 0 Å². The fraction of sp³-hybridized carbons (Fsp3) is 0.412. The summed E-state index contributed by atoms with van der Waals surface area (Å²) in [6, 6.07) is 10.1. The third kappa shape index (κ3) is 3.20. The molecule has 1 atom stereocenters. The first-order chi connectivity index (χ1) is 10.6. The van der Waals surface area contributed by atoms with Gasteiger partial charge < -0.3 is 10.6 Å². The molecule has 0 saturated carbocycles. The van der Waals surface area contributed by atoms with E-state index in [9.17, 15) is 4.79 Å². The number of rotatable bonds is 4. The number of anilines is 1. The van der Waals surface area contributed by atoms with E-state index in [0.717, 1.165) is 30.6 Å². The van der Waals surface area contributed by atoms with Crippen LogP contribution in [0.25, 0.3) is 11.3 Å². The topological polar surface area (TPSA) is 54.0 Å². The van der Waals surface area contributed by atoms with Crippen molar-refractivity contribution in [1.82, 2.24) is 10.3 Å². The highest BCUT2D eigenvalue weighted by atomic mass is 32.1.